The molecule has 0 saturated carbocycles. The highest BCUT2D eigenvalue weighted by Crippen LogP contribution is 2.30. The van der Waals surface area contributed by atoms with Crippen molar-refractivity contribution in [2.45, 2.75) is 38.3 Å². The van der Waals surface area contributed by atoms with Gasteiger partial charge in [0.1, 0.15) is 0 Å². The van der Waals surface area contributed by atoms with Crippen LogP contribution in [0.5, 0.6) is 11.5 Å². The fraction of sp³-hybridized carbons (Fsp3) is 0.526. The first-order valence-electron chi connectivity index (χ1n) is 8.68. The van der Waals surface area contributed by atoms with Crippen molar-refractivity contribution in [3.63, 3.8) is 0 Å². The molecule has 1 aromatic rings. The first kappa shape index (κ1) is 16.8. The molecule has 2 aliphatic heterocycles. The second kappa shape index (κ2) is 7.71. The molecule has 1 amide bonds. The number of methoxy groups -OCH3 is 1. The number of amides is 1. The van der Waals surface area contributed by atoms with Crippen molar-refractivity contribution in [2.24, 2.45) is 0 Å². The number of carbonyl (C=O) groups excluding carboxylic acids is 1. The van der Waals surface area contributed by atoms with Gasteiger partial charge in [0, 0.05) is 18.6 Å². The van der Waals surface area contributed by atoms with Crippen LogP contribution < -0.4 is 14.8 Å². The minimum atomic E-state index is 0.0618. The summed E-state index contributed by atoms with van der Waals surface area (Å²) in [5, 5.41) is 3.41. The molecule has 5 nitrogen and oxygen atoms in total. The van der Waals surface area contributed by atoms with Gasteiger partial charge in [-0.05, 0) is 50.4 Å². The lowest BCUT2D eigenvalue weighted by Crippen LogP contribution is -2.44. The number of carbonyl (C=O) groups is 1. The Labute approximate surface area is 143 Å². The van der Waals surface area contributed by atoms with Gasteiger partial charge in [0.25, 0.3) is 5.91 Å². The van der Waals surface area contributed by atoms with Crippen LogP contribution in [0.25, 0.3) is 6.08 Å². The molecule has 2 aliphatic rings. The van der Waals surface area contributed by atoms with Crippen LogP contribution >= 0.6 is 0 Å². The van der Waals surface area contributed by atoms with Gasteiger partial charge in [0.15, 0.2) is 18.1 Å². The van der Waals surface area contributed by atoms with E-state index in [1.54, 1.807) is 7.11 Å². The van der Waals surface area contributed by atoms with Crippen molar-refractivity contribution >= 4 is 12.0 Å². The molecule has 2 saturated heterocycles. The molecule has 1 aromatic carbocycles. The summed E-state index contributed by atoms with van der Waals surface area (Å²) in [6, 6.07) is 6.41. The van der Waals surface area contributed by atoms with E-state index in [9.17, 15) is 4.79 Å². The van der Waals surface area contributed by atoms with Gasteiger partial charge in [-0.2, -0.15) is 0 Å². The smallest absolute Gasteiger partial charge is 0.261 e. The van der Waals surface area contributed by atoms with Gasteiger partial charge < -0.3 is 19.7 Å². The molecule has 3 rings (SSSR count). The zero-order chi connectivity index (χ0) is 16.9. The van der Waals surface area contributed by atoms with Crippen LogP contribution in [0.2, 0.25) is 0 Å². The van der Waals surface area contributed by atoms with Crippen molar-refractivity contribution in [1.82, 2.24) is 10.2 Å². The molecule has 1 N–H and O–H groups in total. The highest BCUT2D eigenvalue weighted by Gasteiger charge is 2.37. The predicted octanol–water partition coefficient (Wildman–Crippen LogP) is 2.46. The number of hydrogen-bond acceptors (Lipinski definition) is 4. The average molecular weight is 330 g/mol. The summed E-state index contributed by atoms with van der Waals surface area (Å²) in [4.78, 5) is 14.7. The maximum absolute atomic E-state index is 12.7. The van der Waals surface area contributed by atoms with E-state index in [0.29, 0.717) is 23.6 Å². The van der Waals surface area contributed by atoms with Crippen molar-refractivity contribution in [1.29, 1.82) is 0 Å². The Morgan fingerprint density at radius 1 is 1.29 bits per heavy atom. The highest BCUT2D eigenvalue weighted by atomic mass is 16.5. The fourth-order valence-electron chi connectivity index (χ4n) is 3.70. The lowest BCUT2D eigenvalue weighted by Gasteiger charge is -2.28. The average Bonchev–Trinajstić information content (AvgIpc) is 2.86. The number of allylic oxidation sites excluding steroid dienone is 1. The molecule has 0 spiro atoms. The van der Waals surface area contributed by atoms with Crippen LogP contribution in [0, 0.1) is 0 Å². The van der Waals surface area contributed by atoms with E-state index in [2.05, 4.69) is 5.32 Å². The topological polar surface area (TPSA) is 50.8 Å². The van der Waals surface area contributed by atoms with Crippen LogP contribution in [0.15, 0.2) is 24.3 Å². The lowest BCUT2D eigenvalue weighted by atomic mass is 10.1. The van der Waals surface area contributed by atoms with Crippen LogP contribution in [0.1, 0.15) is 31.7 Å². The van der Waals surface area contributed by atoms with Crippen LogP contribution in [-0.2, 0) is 4.79 Å². The van der Waals surface area contributed by atoms with Crippen LogP contribution in [0.4, 0.5) is 0 Å². The van der Waals surface area contributed by atoms with Gasteiger partial charge in [-0.15, -0.1) is 0 Å². The second-order valence-electron chi connectivity index (χ2n) is 6.38. The van der Waals surface area contributed by atoms with Crippen molar-refractivity contribution in [3.05, 3.63) is 29.8 Å². The molecule has 2 bridgehead atoms. The number of fused-ring (bicyclic) bond motifs is 2. The Hall–Kier alpha value is -2.01. The Morgan fingerprint density at radius 2 is 2.12 bits per heavy atom. The van der Waals surface area contributed by atoms with Crippen molar-refractivity contribution in [3.8, 4) is 11.5 Å². The third-order valence-electron chi connectivity index (χ3n) is 4.84. The second-order valence-corrected chi connectivity index (χ2v) is 6.38. The molecule has 5 heteroatoms. The molecular formula is C19H26N2O3. The summed E-state index contributed by atoms with van der Waals surface area (Å²) in [5.41, 5.74) is 1.05. The summed E-state index contributed by atoms with van der Waals surface area (Å²) < 4.78 is 11.2. The maximum atomic E-state index is 12.7. The number of ether oxygens (including phenoxy) is 2. The Bertz CT molecular complexity index is 601. The minimum Gasteiger partial charge on any atom is -0.493 e. The monoisotopic (exact) mass is 330 g/mol. The third kappa shape index (κ3) is 3.56. The van der Waals surface area contributed by atoms with E-state index in [-0.39, 0.29) is 12.5 Å². The fourth-order valence-corrected chi connectivity index (χ4v) is 3.70. The summed E-state index contributed by atoms with van der Waals surface area (Å²) in [6.45, 7) is 3.92. The number of benzene rings is 1. The molecule has 0 radical (unpaired) electrons. The van der Waals surface area contributed by atoms with Crippen LogP contribution in [0.3, 0.4) is 0 Å². The molecule has 2 atom stereocenters. The first-order valence-corrected chi connectivity index (χ1v) is 8.68. The van der Waals surface area contributed by atoms with E-state index >= 15 is 0 Å². The number of nitrogens with one attached hydrogen (secondary N) is 1. The van der Waals surface area contributed by atoms with E-state index in [1.165, 1.54) is 0 Å². The van der Waals surface area contributed by atoms with Crippen molar-refractivity contribution in [2.75, 3.05) is 26.8 Å². The zero-order valence-corrected chi connectivity index (χ0v) is 14.5. The molecule has 2 unspecified atom stereocenters. The summed E-state index contributed by atoms with van der Waals surface area (Å²) in [5.74, 6) is 1.34. The Balaban J connectivity index is 1.66. The third-order valence-corrected chi connectivity index (χ3v) is 4.84. The van der Waals surface area contributed by atoms with E-state index < -0.39 is 0 Å². The summed E-state index contributed by atoms with van der Waals surface area (Å²) >= 11 is 0. The molecule has 24 heavy (non-hydrogen) atoms. The van der Waals surface area contributed by atoms with Gasteiger partial charge in [-0.3, -0.25) is 4.79 Å². The lowest BCUT2D eigenvalue weighted by molar-refractivity contribution is -0.136. The molecular weight excluding hydrogens is 304 g/mol. The van der Waals surface area contributed by atoms with Crippen molar-refractivity contribution < 1.29 is 14.3 Å². The summed E-state index contributed by atoms with van der Waals surface area (Å²) in [7, 11) is 1.62. The summed E-state index contributed by atoms with van der Waals surface area (Å²) in [6.07, 6.45) is 7.20. The largest absolute Gasteiger partial charge is 0.493 e. The molecule has 2 fully saturated rings. The highest BCUT2D eigenvalue weighted by molar-refractivity contribution is 5.79. The molecule has 0 aliphatic carbocycles. The standard InChI is InChI=1S/C19H26N2O3/c1-3-4-14-5-8-17(18(11-14)23-2)24-13-19(22)21-15-6-7-16(21)12-20-10-9-15/h3-5,8,11,15-16,20H,6-7,9-10,12-13H2,1-2H3/b4-3+. The first-order chi connectivity index (χ1) is 11.7. The van der Waals surface area contributed by atoms with Crippen LogP contribution in [-0.4, -0.2) is 49.7 Å². The number of rotatable bonds is 5. The zero-order valence-electron chi connectivity index (χ0n) is 14.5. The maximum Gasteiger partial charge on any atom is 0.261 e. The van der Waals surface area contributed by atoms with Gasteiger partial charge in [-0.25, -0.2) is 0 Å². The minimum absolute atomic E-state index is 0.0618. The number of nitrogens with zero attached hydrogens (tertiary/aromatic N) is 1. The van der Waals surface area contributed by atoms with E-state index in [4.69, 9.17) is 9.47 Å². The quantitative estimate of drug-likeness (QED) is 0.901. The molecule has 2 heterocycles. The van der Waals surface area contributed by atoms with Gasteiger partial charge in [-0.1, -0.05) is 18.2 Å². The van der Waals surface area contributed by atoms with E-state index in [1.807, 2.05) is 42.2 Å². The Kier molecular flexibility index (Phi) is 5.41. The van der Waals surface area contributed by atoms with Gasteiger partial charge in [0.05, 0.1) is 7.11 Å². The molecule has 130 valence electrons. The molecule has 0 aromatic heterocycles. The Morgan fingerprint density at radius 3 is 2.92 bits per heavy atom. The van der Waals surface area contributed by atoms with E-state index in [0.717, 1.165) is 37.9 Å². The van der Waals surface area contributed by atoms with Gasteiger partial charge in [0.2, 0.25) is 0 Å². The predicted molar refractivity (Wildman–Crippen MR) is 94.3 cm³/mol. The normalized spacial score (nSPS) is 23.3. The number of hydrogen-bond donors (Lipinski definition) is 1. The SMILES string of the molecule is C/C=C/c1ccc(OCC(=O)N2C3CCNCC2CC3)c(OC)c1. The van der Waals surface area contributed by atoms with Gasteiger partial charge >= 0.3 is 0 Å².